The summed E-state index contributed by atoms with van der Waals surface area (Å²) in [6, 6.07) is 9.01. The molecule has 2 N–H and O–H groups in total. The molecule has 17 heavy (non-hydrogen) atoms. The van der Waals surface area contributed by atoms with Crippen LogP contribution < -0.4 is 0 Å². The Labute approximate surface area is 100 Å². The Bertz CT molecular complexity index is 447. The summed E-state index contributed by atoms with van der Waals surface area (Å²) in [5.41, 5.74) is 1.43. The summed E-state index contributed by atoms with van der Waals surface area (Å²) in [5, 5.41) is 28.4. The van der Waals surface area contributed by atoms with Crippen molar-refractivity contribution in [3.8, 4) is 6.07 Å². The number of benzene rings is 1. The second-order valence-corrected chi connectivity index (χ2v) is 4.63. The van der Waals surface area contributed by atoms with Crippen LogP contribution in [0, 0.1) is 17.2 Å². The first-order valence-electron chi connectivity index (χ1n) is 5.54. The van der Waals surface area contributed by atoms with Crippen LogP contribution in [0.4, 0.5) is 0 Å². The standard InChI is InChI=1S/C13H15NO3/c1-8-11(17-13(2,16)12(8)15)10-5-3-9(7-14)4-6-10/h3-6,8,11-12,15-16H,1-2H3/t8-,11+,12+,13+/m0/s1. The number of rotatable bonds is 1. The maximum absolute atomic E-state index is 9.84. The van der Waals surface area contributed by atoms with Crippen LogP contribution in [-0.2, 0) is 4.74 Å². The summed E-state index contributed by atoms with van der Waals surface area (Å²) in [7, 11) is 0. The Balaban J connectivity index is 2.27. The summed E-state index contributed by atoms with van der Waals surface area (Å²) >= 11 is 0. The minimum Gasteiger partial charge on any atom is -0.387 e. The van der Waals surface area contributed by atoms with Gasteiger partial charge in [0, 0.05) is 5.92 Å². The zero-order chi connectivity index (χ0) is 12.6. The fourth-order valence-corrected chi connectivity index (χ4v) is 2.21. The highest BCUT2D eigenvalue weighted by Crippen LogP contribution is 2.42. The molecule has 1 aromatic rings. The van der Waals surface area contributed by atoms with Crippen LogP contribution in [0.5, 0.6) is 0 Å². The predicted octanol–water partition coefficient (Wildman–Crippen LogP) is 1.34. The molecule has 0 radical (unpaired) electrons. The fraction of sp³-hybridized carbons (Fsp3) is 0.462. The lowest BCUT2D eigenvalue weighted by atomic mass is 9.92. The van der Waals surface area contributed by atoms with Crippen LogP contribution >= 0.6 is 0 Å². The zero-order valence-corrected chi connectivity index (χ0v) is 9.79. The van der Waals surface area contributed by atoms with E-state index >= 15 is 0 Å². The first-order valence-corrected chi connectivity index (χ1v) is 5.54. The Morgan fingerprint density at radius 2 is 1.94 bits per heavy atom. The van der Waals surface area contributed by atoms with Crippen LogP contribution in [0.25, 0.3) is 0 Å². The van der Waals surface area contributed by atoms with Crippen molar-refractivity contribution < 1.29 is 14.9 Å². The minimum atomic E-state index is -1.52. The monoisotopic (exact) mass is 233 g/mol. The lowest BCUT2D eigenvalue weighted by molar-refractivity contribution is -0.215. The summed E-state index contributed by atoms with van der Waals surface area (Å²) < 4.78 is 5.46. The van der Waals surface area contributed by atoms with E-state index in [1.54, 1.807) is 24.3 Å². The van der Waals surface area contributed by atoms with E-state index in [0.29, 0.717) is 5.56 Å². The van der Waals surface area contributed by atoms with Crippen LogP contribution in [0.3, 0.4) is 0 Å². The molecule has 4 heteroatoms. The van der Waals surface area contributed by atoms with Gasteiger partial charge in [0.15, 0.2) is 5.79 Å². The van der Waals surface area contributed by atoms with Crippen molar-refractivity contribution >= 4 is 0 Å². The van der Waals surface area contributed by atoms with Gasteiger partial charge < -0.3 is 14.9 Å². The Kier molecular flexibility index (Phi) is 2.92. The maximum atomic E-state index is 9.84. The van der Waals surface area contributed by atoms with Gasteiger partial charge in [-0.3, -0.25) is 0 Å². The second-order valence-electron chi connectivity index (χ2n) is 4.63. The third kappa shape index (κ3) is 2.05. The smallest absolute Gasteiger partial charge is 0.190 e. The first-order chi connectivity index (χ1) is 7.95. The number of aliphatic hydroxyl groups is 2. The topological polar surface area (TPSA) is 73.5 Å². The number of hydrogen-bond acceptors (Lipinski definition) is 4. The number of nitriles is 1. The SMILES string of the molecule is C[C@@H]1[C@@H](O)[C@](C)(O)O[C@H]1c1ccc(C#N)cc1. The van der Waals surface area contributed by atoms with Crippen LogP contribution in [-0.4, -0.2) is 22.1 Å². The van der Waals surface area contributed by atoms with Crippen molar-refractivity contribution in [1.29, 1.82) is 5.26 Å². The van der Waals surface area contributed by atoms with E-state index in [1.807, 2.05) is 13.0 Å². The number of aliphatic hydroxyl groups excluding tert-OH is 1. The van der Waals surface area contributed by atoms with Crippen molar-refractivity contribution in [2.24, 2.45) is 5.92 Å². The van der Waals surface area contributed by atoms with Crippen LogP contribution in [0.15, 0.2) is 24.3 Å². The average Bonchev–Trinajstić information content (AvgIpc) is 2.53. The molecule has 0 bridgehead atoms. The Hall–Kier alpha value is -1.41. The largest absolute Gasteiger partial charge is 0.387 e. The molecule has 0 spiro atoms. The molecule has 1 aliphatic heterocycles. The quantitative estimate of drug-likeness (QED) is 0.767. The second kappa shape index (κ2) is 4.11. The Morgan fingerprint density at radius 1 is 1.35 bits per heavy atom. The molecule has 1 fully saturated rings. The lowest BCUT2D eigenvalue weighted by Crippen LogP contribution is -2.37. The van der Waals surface area contributed by atoms with Gasteiger partial charge in [-0.15, -0.1) is 0 Å². The summed E-state index contributed by atoms with van der Waals surface area (Å²) in [4.78, 5) is 0. The van der Waals surface area contributed by atoms with E-state index in [1.165, 1.54) is 6.92 Å². The van der Waals surface area contributed by atoms with Crippen molar-refractivity contribution in [3.63, 3.8) is 0 Å². The molecule has 1 aromatic carbocycles. The van der Waals surface area contributed by atoms with Crippen molar-refractivity contribution in [1.82, 2.24) is 0 Å². The highest BCUT2D eigenvalue weighted by atomic mass is 16.7. The van der Waals surface area contributed by atoms with E-state index in [0.717, 1.165) is 5.56 Å². The van der Waals surface area contributed by atoms with Crippen LogP contribution in [0.1, 0.15) is 31.1 Å². The molecule has 0 saturated carbocycles. The zero-order valence-electron chi connectivity index (χ0n) is 9.79. The molecule has 0 aromatic heterocycles. The number of hydrogen-bond donors (Lipinski definition) is 2. The van der Waals surface area contributed by atoms with E-state index in [2.05, 4.69) is 0 Å². The van der Waals surface area contributed by atoms with Gasteiger partial charge in [0.25, 0.3) is 0 Å². The minimum absolute atomic E-state index is 0.196. The van der Waals surface area contributed by atoms with Gasteiger partial charge in [-0.05, 0) is 24.6 Å². The molecular weight excluding hydrogens is 218 g/mol. The third-order valence-electron chi connectivity index (χ3n) is 3.26. The first kappa shape index (κ1) is 12.1. The van der Waals surface area contributed by atoms with Gasteiger partial charge in [-0.25, -0.2) is 0 Å². The molecule has 0 unspecified atom stereocenters. The molecular formula is C13H15NO3. The van der Waals surface area contributed by atoms with E-state index in [-0.39, 0.29) is 12.0 Å². The lowest BCUT2D eigenvalue weighted by Gasteiger charge is -2.20. The summed E-state index contributed by atoms with van der Waals surface area (Å²) in [6.45, 7) is 3.28. The molecule has 0 aliphatic carbocycles. The molecule has 4 nitrogen and oxygen atoms in total. The molecule has 4 atom stereocenters. The van der Waals surface area contributed by atoms with Crippen molar-refractivity contribution in [2.75, 3.05) is 0 Å². The number of nitrogens with zero attached hydrogens (tertiary/aromatic N) is 1. The third-order valence-corrected chi connectivity index (χ3v) is 3.26. The van der Waals surface area contributed by atoms with Gasteiger partial charge in [0.05, 0.1) is 17.7 Å². The van der Waals surface area contributed by atoms with E-state index in [9.17, 15) is 10.2 Å². The van der Waals surface area contributed by atoms with Crippen molar-refractivity contribution in [3.05, 3.63) is 35.4 Å². The van der Waals surface area contributed by atoms with Gasteiger partial charge in [-0.1, -0.05) is 19.1 Å². The summed E-state index contributed by atoms with van der Waals surface area (Å²) in [6.07, 6.45) is -1.27. The van der Waals surface area contributed by atoms with Crippen LogP contribution in [0.2, 0.25) is 0 Å². The average molecular weight is 233 g/mol. The van der Waals surface area contributed by atoms with E-state index < -0.39 is 11.9 Å². The van der Waals surface area contributed by atoms with Gasteiger partial charge in [0.1, 0.15) is 6.10 Å². The normalized spacial score (nSPS) is 36.8. The highest BCUT2D eigenvalue weighted by molar-refractivity contribution is 5.33. The molecule has 1 saturated heterocycles. The maximum Gasteiger partial charge on any atom is 0.190 e. The molecule has 90 valence electrons. The van der Waals surface area contributed by atoms with Gasteiger partial charge in [0.2, 0.25) is 0 Å². The van der Waals surface area contributed by atoms with Gasteiger partial charge >= 0.3 is 0 Å². The molecule has 2 rings (SSSR count). The Morgan fingerprint density at radius 3 is 2.35 bits per heavy atom. The highest BCUT2D eigenvalue weighted by Gasteiger charge is 2.48. The predicted molar refractivity (Wildman–Crippen MR) is 60.8 cm³/mol. The summed E-state index contributed by atoms with van der Waals surface area (Å²) in [5.74, 6) is -1.71. The van der Waals surface area contributed by atoms with E-state index in [4.69, 9.17) is 10.00 Å². The molecule has 1 heterocycles. The number of ether oxygens (including phenoxy) is 1. The molecule has 1 aliphatic rings. The van der Waals surface area contributed by atoms with Gasteiger partial charge in [-0.2, -0.15) is 5.26 Å². The fourth-order valence-electron chi connectivity index (χ4n) is 2.21. The molecule has 0 amide bonds. The van der Waals surface area contributed by atoms with Crippen molar-refractivity contribution in [2.45, 2.75) is 31.8 Å².